The Bertz CT molecular complexity index is 648. The zero-order valence-corrected chi connectivity index (χ0v) is 13.7. The summed E-state index contributed by atoms with van der Waals surface area (Å²) in [5.74, 6) is 0.733. The van der Waals surface area contributed by atoms with Gasteiger partial charge in [0.05, 0.1) is 16.4 Å². The molecule has 0 bridgehead atoms. The van der Waals surface area contributed by atoms with Gasteiger partial charge in [-0.3, -0.25) is 4.79 Å². The molecule has 2 rings (SSSR count). The van der Waals surface area contributed by atoms with Crippen LogP contribution >= 0.6 is 11.6 Å². The highest BCUT2D eigenvalue weighted by Gasteiger charge is 2.23. The van der Waals surface area contributed by atoms with Crippen molar-refractivity contribution in [1.82, 2.24) is 14.9 Å². The summed E-state index contributed by atoms with van der Waals surface area (Å²) in [6, 6.07) is 5.65. The largest absolute Gasteiger partial charge is 0.354 e. The fourth-order valence-corrected chi connectivity index (χ4v) is 2.63. The predicted molar refractivity (Wildman–Crippen MR) is 86.7 cm³/mol. The lowest BCUT2D eigenvalue weighted by atomic mass is 10.2. The van der Waals surface area contributed by atoms with Gasteiger partial charge < -0.3 is 9.88 Å². The van der Waals surface area contributed by atoms with Gasteiger partial charge in [0, 0.05) is 6.54 Å². The Kier molecular flexibility index (Phi) is 4.88. The van der Waals surface area contributed by atoms with Crippen LogP contribution in [0.2, 0.25) is 0 Å². The topological polar surface area (TPSA) is 46.9 Å². The molecule has 1 heterocycles. The number of alkyl halides is 1. The molecule has 2 atom stereocenters. The molecule has 1 aromatic heterocycles. The minimum atomic E-state index is -0.334. The Morgan fingerprint density at radius 2 is 2.14 bits per heavy atom. The van der Waals surface area contributed by atoms with E-state index in [1.165, 1.54) is 0 Å². The minimum absolute atomic E-state index is 0.00350. The van der Waals surface area contributed by atoms with Crippen molar-refractivity contribution < 1.29 is 4.79 Å². The molecule has 2 aromatic rings. The third-order valence-electron chi connectivity index (χ3n) is 3.62. The first-order valence-corrected chi connectivity index (χ1v) is 7.80. The summed E-state index contributed by atoms with van der Waals surface area (Å²) in [6.45, 7) is 8.50. The molecule has 0 aliphatic heterocycles. The monoisotopic (exact) mass is 307 g/mol. The van der Waals surface area contributed by atoms with Crippen molar-refractivity contribution in [2.24, 2.45) is 0 Å². The van der Waals surface area contributed by atoms with Gasteiger partial charge in [0.25, 0.3) is 0 Å². The van der Waals surface area contributed by atoms with E-state index in [-0.39, 0.29) is 17.3 Å². The average molecular weight is 308 g/mol. The summed E-state index contributed by atoms with van der Waals surface area (Å²) >= 11 is 6.27. The number of hydrogen-bond acceptors (Lipinski definition) is 2. The van der Waals surface area contributed by atoms with E-state index >= 15 is 0 Å². The Morgan fingerprint density at radius 3 is 2.76 bits per heavy atom. The van der Waals surface area contributed by atoms with E-state index < -0.39 is 0 Å². The van der Waals surface area contributed by atoms with Crippen molar-refractivity contribution in [2.75, 3.05) is 6.54 Å². The van der Waals surface area contributed by atoms with Gasteiger partial charge in [-0.05, 0) is 38.8 Å². The number of carbonyl (C=O) groups excluding carboxylic acids is 1. The number of hydrogen-bond donors (Lipinski definition) is 1. The Balaban J connectivity index is 2.52. The van der Waals surface area contributed by atoms with Crippen LogP contribution in [-0.4, -0.2) is 22.0 Å². The first kappa shape index (κ1) is 15.8. The number of halogens is 1. The molecule has 0 fully saturated rings. The van der Waals surface area contributed by atoms with E-state index in [0.29, 0.717) is 6.54 Å². The van der Waals surface area contributed by atoms with Gasteiger partial charge in [-0.25, -0.2) is 4.98 Å². The molecule has 2 unspecified atom stereocenters. The van der Waals surface area contributed by atoms with Crippen LogP contribution < -0.4 is 5.32 Å². The fourth-order valence-electron chi connectivity index (χ4n) is 2.48. The SMILES string of the molecule is CCCNC(=O)C(C)n1c(C(C)Cl)nc2c(C)cccc21. The van der Waals surface area contributed by atoms with Crippen LogP contribution in [0.4, 0.5) is 0 Å². The molecule has 0 spiro atoms. The molecule has 0 aliphatic rings. The van der Waals surface area contributed by atoms with Crippen molar-refractivity contribution in [3.05, 3.63) is 29.6 Å². The molecule has 0 saturated heterocycles. The van der Waals surface area contributed by atoms with Crippen LogP contribution in [0.25, 0.3) is 11.0 Å². The summed E-state index contributed by atoms with van der Waals surface area (Å²) in [7, 11) is 0. The van der Waals surface area contributed by atoms with Crippen LogP contribution in [0.1, 0.15) is 50.0 Å². The maximum atomic E-state index is 12.3. The molecule has 114 valence electrons. The normalized spacial score (nSPS) is 14.1. The summed E-state index contributed by atoms with van der Waals surface area (Å²) in [4.78, 5) is 16.9. The zero-order chi connectivity index (χ0) is 15.6. The smallest absolute Gasteiger partial charge is 0.242 e. The van der Waals surface area contributed by atoms with Gasteiger partial charge in [0.15, 0.2) is 0 Å². The van der Waals surface area contributed by atoms with Crippen LogP contribution in [0.5, 0.6) is 0 Å². The molecule has 21 heavy (non-hydrogen) atoms. The first-order chi connectivity index (χ1) is 9.97. The quantitative estimate of drug-likeness (QED) is 0.856. The fraction of sp³-hybridized carbons (Fsp3) is 0.500. The molecular formula is C16H22ClN3O. The minimum Gasteiger partial charge on any atom is -0.354 e. The molecule has 4 nitrogen and oxygen atoms in total. The number of benzene rings is 1. The molecule has 0 aliphatic carbocycles. The van der Waals surface area contributed by atoms with Gasteiger partial charge in [0.1, 0.15) is 11.9 Å². The van der Waals surface area contributed by atoms with Crippen molar-refractivity contribution in [3.8, 4) is 0 Å². The van der Waals surface area contributed by atoms with Crippen LogP contribution in [0, 0.1) is 6.92 Å². The van der Waals surface area contributed by atoms with E-state index in [0.717, 1.165) is 28.8 Å². The first-order valence-electron chi connectivity index (χ1n) is 7.36. The number of nitrogens with one attached hydrogen (secondary N) is 1. The summed E-state index contributed by atoms with van der Waals surface area (Å²) in [5, 5.41) is 2.68. The van der Waals surface area contributed by atoms with Crippen molar-refractivity contribution in [3.63, 3.8) is 0 Å². The number of aromatic nitrogens is 2. The summed E-state index contributed by atoms with van der Waals surface area (Å²) < 4.78 is 1.95. The van der Waals surface area contributed by atoms with Gasteiger partial charge in [-0.15, -0.1) is 11.6 Å². The molecule has 1 amide bonds. The van der Waals surface area contributed by atoms with E-state index in [4.69, 9.17) is 11.6 Å². The van der Waals surface area contributed by atoms with Crippen LogP contribution in [0.15, 0.2) is 18.2 Å². The number of rotatable bonds is 5. The number of aryl methyl sites for hydroxylation is 1. The van der Waals surface area contributed by atoms with E-state index in [2.05, 4.69) is 10.3 Å². The second-order valence-corrected chi connectivity index (χ2v) is 6.02. The molecular weight excluding hydrogens is 286 g/mol. The number of nitrogens with zero attached hydrogens (tertiary/aromatic N) is 2. The number of carbonyl (C=O) groups is 1. The van der Waals surface area contributed by atoms with Gasteiger partial charge in [-0.2, -0.15) is 0 Å². The highest BCUT2D eigenvalue weighted by atomic mass is 35.5. The van der Waals surface area contributed by atoms with Crippen molar-refractivity contribution in [1.29, 1.82) is 0 Å². The van der Waals surface area contributed by atoms with E-state index in [1.54, 1.807) is 0 Å². The highest BCUT2D eigenvalue weighted by molar-refractivity contribution is 6.20. The van der Waals surface area contributed by atoms with Gasteiger partial charge in [-0.1, -0.05) is 19.1 Å². The Labute approximate surface area is 130 Å². The predicted octanol–water partition coefficient (Wildman–Crippen LogP) is 3.73. The number of amides is 1. The lowest BCUT2D eigenvalue weighted by molar-refractivity contribution is -0.123. The molecule has 5 heteroatoms. The maximum absolute atomic E-state index is 12.3. The zero-order valence-electron chi connectivity index (χ0n) is 13.0. The number of para-hydroxylation sites is 1. The van der Waals surface area contributed by atoms with Crippen molar-refractivity contribution >= 4 is 28.5 Å². The highest BCUT2D eigenvalue weighted by Crippen LogP contribution is 2.29. The molecule has 1 aromatic carbocycles. The number of imidazole rings is 1. The second-order valence-electron chi connectivity index (χ2n) is 5.37. The Hall–Kier alpha value is -1.55. The second kappa shape index (κ2) is 6.48. The summed E-state index contributed by atoms with van der Waals surface area (Å²) in [6.07, 6.45) is 0.918. The van der Waals surface area contributed by atoms with E-state index in [1.807, 2.05) is 50.5 Å². The van der Waals surface area contributed by atoms with Gasteiger partial charge >= 0.3 is 0 Å². The average Bonchev–Trinajstić information content (AvgIpc) is 2.85. The Morgan fingerprint density at radius 1 is 1.43 bits per heavy atom. The third kappa shape index (κ3) is 3.05. The van der Waals surface area contributed by atoms with Gasteiger partial charge in [0.2, 0.25) is 5.91 Å². The molecule has 1 N–H and O–H groups in total. The van der Waals surface area contributed by atoms with E-state index in [9.17, 15) is 4.79 Å². The lowest BCUT2D eigenvalue weighted by Gasteiger charge is -2.18. The standard InChI is InChI=1S/C16H22ClN3O/c1-5-9-18-16(21)12(4)20-13-8-6-7-10(2)14(13)19-15(20)11(3)17/h6-8,11-12H,5,9H2,1-4H3,(H,18,21). The number of fused-ring (bicyclic) bond motifs is 1. The lowest BCUT2D eigenvalue weighted by Crippen LogP contribution is -2.32. The third-order valence-corrected chi connectivity index (χ3v) is 3.82. The maximum Gasteiger partial charge on any atom is 0.242 e. The van der Waals surface area contributed by atoms with Crippen LogP contribution in [-0.2, 0) is 4.79 Å². The molecule has 0 saturated carbocycles. The van der Waals surface area contributed by atoms with Crippen LogP contribution in [0.3, 0.4) is 0 Å². The van der Waals surface area contributed by atoms with Crippen molar-refractivity contribution in [2.45, 2.75) is 45.5 Å². The summed E-state index contributed by atoms with van der Waals surface area (Å²) in [5.41, 5.74) is 2.96. The molecule has 0 radical (unpaired) electrons.